The van der Waals surface area contributed by atoms with Gasteiger partial charge in [0.1, 0.15) is 0 Å². The molecule has 1 heterocycles. The van der Waals surface area contributed by atoms with Crippen LogP contribution in [-0.2, 0) is 9.47 Å². The Bertz CT molecular complexity index is 161. The summed E-state index contributed by atoms with van der Waals surface area (Å²) in [5, 5.41) is 3.40. The van der Waals surface area contributed by atoms with Gasteiger partial charge in [-0.15, -0.1) is 0 Å². The molecule has 15 heavy (non-hydrogen) atoms. The average Bonchev–Trinajstić information content (AvgIpc) is 2.72. The minimum Gasteiger partial charge on any atom is -0.383 e. The Labute approximate surface area is 92.9 Å². The second kappa shape index (κ2) is 7.17. The van der Waals surface area contributed by atoms with Gasteiger partial charge in [0.2, 0.25) is 0 Å². The van der Waals surface area contributed by atoms with E-state index in [0.717, 1.165) is 32.8 Å². The largest absolute Gasteiger partial charge is 0.383 e. The zero-order chi connectivity index (χ0) is 11.1. The summed E-state index contributed by atoms with van der Waals surface area (Å²) < 4.78 is 10.4. The zero-order valence-corrected chi connectivity index (χ0v) is 10.2. The van der Waals surface area contributed by atoms with E-state index >= 15 is 0 Å². The van der Waals surface area contributed by atoms with Gasteiger partial charge in [-0.1, -0.05) is 0 Å². The summed E-state index contributed by atoms with van der Waals surface area (Å²) in [6.07, 6.45) is 1.23. The van der Waals surface area contributed by atoms with Crippen molar-refractivity contribution >= 4 is 0 Å². The first-order valence-electron chi connectivity index (χ1n) is 5.74. The molecule has 4 nitrogen and oxygen atoms in total. The standard InChI is InChI=1S/C11H24N2O2/c1-10(9-15-3)13(6-7-14-2)11-4-5-12-8-11/h10-12H,4-9H2,1-3H3. The van der Waals surface area contributed by atoms with Crippen molar-refractivity contribution in [1.82, 2.24) is 10.2 Å². The van der Waals surface area contributed by atoms with E-state index in [1.54, 1.807) is 14.2 Å². The maximum absolute atomic E-state index is 5.22. The Kier molecular flexibility index (Phi) is 6.17. The molecule has 0 spiro atoms. The minimum absolute atomic E-state index is 0.468. The number of nitrogens with one attached hydrogen (secondary N) is 1. The van der Waals surface area contributed by atoms with Crippen LogP contribution in [0.3, 0.4) is 0 Å². The van der Waals surface area contributed by atoms with Crippen LogP contribution < -0.4 is 5.32 Å². The van der Waals surface area contributed by atoms with Gasteiger partial charge in [-0.2, -0.15) is 0 Å². The van der Waals surface area contributed by atoms with Crippen molar-refractivity contribution in [2.24, 2.45) is 0 Å². The molecule has 2 unspecified atom stereocenters. The Morgan fingerprint density at radius 2 is 2.20 bits per heavy atom. The van der Waals surface area contributed by atoms with E-state index in [1.165, 1.54) is 6.42 Å². The third kappa shape index (κ3) is 4.07. The molecule has 2 atom stereocenters. The van der Waals surface area contributed by atoms with Crippen LogP contribution in [0, 0.1) is 0 Å². The molecule has 1 aliphatic heterocycles. The second-order valence-electron chi connectivity index (χ2n) is 4.18. The van der Waals surface area contributed by atoms with Crippen LogP contribution >= 0.6 is 0 Å². The SMILES string of the molecule is COCCN(C(C)COC)C1CCNC1. The summed E-state index contributed by atoms with van der Waals surface area (Å²) in [6, 6.07) is 1.11. The topological polar surface area (TPSA) is 33.7 Å². The van der Waals surface area contributed by atoms with Gasteiger partial charge in [-0.05, 0) is 19.9 Å². The Hall–Kier alpha value is -0.160. The van der Waals surface area contributed by atoms with Crippen LogP contribution in [0.2, 0.25) is 0 Å². The van der Waals surface area contributed by atoms with Crippen LogP contribution in [0.4, 0.5) is 0 Å². The molecular weight excluding hydrogens is 192 g/mol. The van der Waals surface area contributed by atoms with Crippen LogP contribution in [-0.4, -0.2) is 64.1 Å². The maximum Gasteiger partial charge on any atom is 0.0615 e. The zero-order valence-electron chi connectivity index (χ0n) is 10.2. The van der Waals surface area contributed by atoms with Gasteiger partial charge in [0.05, 0.1) is 13.2 Å². The van der Waals surface area contributed by atoms with Gasteiger partial charge in [-0.25, -0.2) is 0 Å². The van der Waals surface area contributed by atoms with E-state index in [9.17, 15) is 0 Å². The third-order valence-corrected chi connectivity index (χ3v) is 3.03. The molecule has 0 saturated carbocycles. The molecule has 1 aliphatic rings. The lowest BCUT2D eigenvalue weighted by Crippen LogP contribution is -2.46. The van der Waals surface area contributed by atoms with Crippen molar-refractivity contribution in [3.63, 3.8) is 0 Å². The smallest absolute Gasteiger partial charge is 0.0615 e. The Balaban J connectivity index is 2.42. The monoisotopic (exact) mass is 216 g/mol. The second-order valence-corrected chi connectivity index (χ2v) is 4.18. The molecule has 1 rings (SSSR count). The van der Waals surface area contributed by atoms with Gasteiger partial charge >= 0.3 is 0 Å². The first-order chi connectivity index (χ1) is 7.29. The van der Waals surface area contributed by atoms with E-state index in [4.69, 9.17) is 9.47 Å². The molecule has 90 valence electrons. The van der Waals surface area contributed by atoms with Crippen molar-refractivity contribution in [3.8, 4) is 0 Å². The lowest BCUT2D eigenvalue weighted by molar-refractivity contribution is 0.0521. The van der Waals surface area contributed by atoms with Crippen molar-refractivity contribution in [2.75, 3.05) is 47.1 Å². The number of hydrogen-bond donors (Lipinski definition) is 1. The van der Waals surface area contributed by atoms with Gasteiger partial charge in [0.25, 0.3) is 0 Å². The first kappa shape index (κ1) is 12.9. The van der Waals surface area contributed by atoms with Gasteiger partial charge in [0, 0.05) is 39.4 Å². The van der Waals surface area contributed by atoms with E-state index < -0.39 is 0 Å². The van der Waals surface area contributed by atoms with Crippen LogP contribution in [0.15, 0.2) is 0 Å². The van der Waals surface area contributed by atoms with E-state index in [2.05, 4.69) is 17.1 Å². The van der Waals surface area contributed by atoms with Crippen LogP contribution in [0.1, 0.15) is 13.3 Å². The Morgan fingerprint density at radius 3 is 2.73 bits per heavy atom. The first-order valence-corrected chi connectivity index (χ1v) is 5.74. The molecular formula is C11H24N2O2. The number of rotatable bonds is 7. The molecule has 1 N–H and O–H groups in total. The highest BCUT2D eigenvalue weighted by Gasteiger charge is 2.25. The predicted octanol–water partition coefficient (Wildman–Crippen LogP) is 0.332. The molecule has 0 aromatic carbocycles. The molecule has 0 radical (unpaired) electrons. The van der Waals surface area contributed by atoms with Crippen LogP contribution in [0.5, 0.6) is 0 Å². The van der Waals surface area contributed by atoms with E-state index in [-0.39, 0.29) is 0 Å². The van der Waals surface area contributed by atoms with Gasteiger partial charge in [-0.3, -0.25) is 4.90 Å². The number of nitrogens with zero attached hydrogens (tertiary/aromatic N) is 1. The van der Waals surface area contributed by atoms with Crippen molar-refractivity contribution < 1.29 is 9.47 Å². The molecule has 1 saturated heterocycles. The normalized spacial score (nSPS) is 23.6. The maximum atomic E-state index is 5.22. The number of hydrogen-bond acceptors (Lipinski definition) is 4. The third-order valence-electron chi connectivity index (χ3n) is 3.03. The molecule has 1 fully saturated rings. The molecule has 0 aliphatic carbocycles. The minimum atomic E-state index is 0.468. The molecule has 0 aromatic rings. The van der Waals surface area contributed by atoms with Crippen molar-refractivity contribution in [2.45, 2.75) is 25.4 Å². The molecule has 0 aromatic heterocycles. The fourth-order valence-corrected chi connectivity index (χ4v) is 2.22. The highest BCUT2D eigenvalue weighted by Crippen LogP contribution is 2.12. The summed E-state index contributed by atoms with van der Waals surface area (Å²) in [5.41, 5.74) is 0. The average molecular weight is 216 g/mol. The van der Waals surface area contributed by atoms with Crippen molar-refractivity contribution in [1.29, 1.82) is 0 Å². The summed E-state index contributed by atoms with van der Waals surface area (Å²) in [4.78, 5) is 2.49. The quantitative estimate of drug-likeness (QED) is 0.665. The summed E-state index contributed by atoms with van der Waals surface area (Å²) in [5.74, 6) is 0. The Morgan fingerprint density at radius 1 is 1.40 bits per heavy atom. The van der Waals surface area contributed by atoms with Gasteiger partial charge in [0.15, 0.2) is 0 Å². The predicted molar refractivity (Wildman–Crippen MR) is 61.2 cm³/mol. The van der Waals surface area contributed by atoms with Crippen LogP contribution in [0.25, 0.3) is 0 Å². The highest BCUT2D eigenvalue weighted by atomic mass is 16.5. The van der Waals surface area contributed by atoms with Crippen molar-refractivity contribution in [3.05, 3.63) is 0 Å². The fourth-order valence-electron chi connectivity index (χ4n) is 2.22. The lowest BCUT2D eigenvalue weighted by atomic mass is 10.1. The highest BCUT2D eigenvalue weighted by molar-refractivity contribution is 4.83. The molecule has 0 bridgehead atoms. The van der Waals surface area contributed by atoms with E-state index in [1.807, 2.05) is 0 Å². The summed E-state index contributed by atoms with van der Waals surface area (Å²) >= 11 is 0. The lowest BCUT2D eigenvalue weighted by Gasteiger charge is -2.33. The number of methoxy groups -OCH3 is 2. The molecule has 0 amide bonds. The van der Waals surface area contributed by atoms with E-state index in [0.29, 0.717) is 12.1 Å². The van der Waals surface area contributed by atoms with Gasteiger partial charge < -0.3 is 14.8 Å². The fraction of sp³-hybridized carbons (Fsp3) is 1.00. The molecule has 4 heteroatoms. The number of ether oxygens (including phenoxy) is 2. The summed E-state index contributed by atoms with van der Waals surface area (Å²) in [6.45, 7) is 7.03. The summed E-state index contributed by atoms with van der Waals surface area (Å²) in [7, 11) is 3.52.